The number of aliphatic hydroxyl groups excluding tert-OH is 1. The van der Waals surface area contributed by atoms with Gasteiger partial charge in [-0.15, -0.1) is 0 Å². The molecule has 0 aromatic heterocycles. The van der Waals surface area contributed by atoms with E-state index in [4.69, 9.17) is 5.11 Å². The molecule has 1 aliphatic carbocycles. The summed E-state index contributed by atoms with van der Waals surface area (Å²) < 4.78 is 26.8. The zero-order valence-electron chi connectivity index (χ0n) is 11.7. The van der Waals surface area contributed by atoms with Crippen LogP contribution in [0.1, 0.15) is 24.8 Å². The van der Waals surface area contributed by atoms with Gasteiger partial charge in [0.05, 0.1) is 11.5 Å². The van der Waals surface area contributed by atoms with E-state index in [0.717, 1.165) is 19.3 Å². The molecule has 0 bridgehead atoms. The maximum absolute atomic E-state index is 12.8. The van der Waals surface area contributed by atoms with E-state index in [0.29, 0.717) is 5.56 Å². The largest absolute Gasteiger partial charge is 0.395 e. The van der Waals surface area contributed by atoms with E-state index < -0.39 is 20.6 Å². The summed E-state index contributed by atoms with van der Waals surface area (Å²) in [5.41, 5.74) is -0.0799. The zero-order chi connectivity index (χ0) is 15.6. The van der Waals surface area contributed by atoms with Crippen LogP contribution in [0.4, 0.5) is 5.69 Å². The van der Waals surface area contributed by atoms with Crippen molar-refractivity contribution in [1.29, 1.82) is 0 Å². The molecule has 0 spiro atoms. The van der Waals surface area contributed by atoms with Crippen LogP contribution in [0.15, 0.2) is 23.1 Å². The van der Waals surface area contributed by atoms with Crippen molar-refractivity contribution in [2.24, 2.45) is 0 Å². The molecule has 0 heterocycles. The highest BCUT2D eigenvalue weighted by Gasteiger charge is 2.38. The molecule has 8 heteroatoms. The summed E-state index contributed by atoms with van der Waals surface area (Å²) in [6.07, 6.45) is 2.37. The fourth-order valence-corrected chi connectivity index (χ4v) is 4.55. The number of nitro benzene ring substituents is 1. The number of sulfonamides is 1. The van der Waals surface area contributed by atoms with Crippen molar-refractivity contribution < 1.29 is 18.4 Å². The molecule has 7 nitrogen and oxygen atoms in total. The lowest BCUT2D eigenvalue weighted by molar-refractivity contribution is -0.388. The van der Waals surface area contributed by atoms with Crippen LogP contribution >= 0.6 is 0 Å². The van der Waals surface area contributed by atoms with Crippen molar-refractivity contribution >= 4 is 15.7 Å². The van der Waals surface area contributed by atoms with Gasteiger partial charge in [-0.3, -0.25) is 10.1 Å². The van der Waals surface area contributed by atoms with Gasteiger partial charge in [-0.25, -0.2) is 8.42 Å². The van der Waals surface area contributed by atoms with E-state index in [1.165, 1.54) is 29.4 Å². The molecule has 1 aliphatic rings. The predicted octanol–water partition coefficient (Wildman–Crippen LogP) is 1.44. The van der Waals surface area contributed by atoms with Crippen LogP contribution in [0.5, 0.6) is 0 Å². The van der Waals surface area contributed by atoms with Crippen molar-refractivity contribution in [2.75, 3.05) is 13.2 Å². The Kier molecular flexibility index (Phi) is 4.60. The third-order valence-corrected chi connectivity index (χ3v) is 5.90. The van der Waals surface area contributed by atoms with E-state index in [2.05, 4.69) is 0 Å². The maximum atomic E-state index is 12.8. The molecule has 1 aromatic rings. The topological polar surface area (TPSA) is 101 Å². The lowest BCUT2D eigenvalue weighted by atomic mass is 9.93. The zero-order valence-corrected chi connectivity index (χ0v) is 12.5. The van der Waals surface area contributed by atoms with Crippen LogP contribution in [0, 0.1) is 17.0 Å². The molecular weight excluding hydrogens is 296 g/mol. The normalized spacial score (nSPS) is 16.0. The van der Waals surface area contributed by atoms with Crippen LogP contribution in [-0.4, -0.2) is 41.9 Å². The van der Waals surface area contributed by atoms with Crippen LogP contribution in [0.2, 0.25) is 0 Å². The van der Waals surface area contributed by atoms with Gasteiger partial charge >= 0.3 is 0 Å². The first kappa shape index (κ1) is 15.9. The Labute approximate surface area is 123 Å². The minimum atomic E-state index is -4.00. The maximum Gasteiger partial charge on any atom is 0.289 e. The van der Waals surface area contributed by atoms with E-state index in [1.807, 2.05) is 0 Å². The summed E-state index contributed by atoms with van der Waals surface area (Å²) in [6.45, 7) is 1.19. The summed E-state index contributed by atoms with van der Waals surface area (Å²) >= 11 is 0. The molecule has 0 radical (unpaired) electrons. The summed E-state index contributed by atoms with van der Waals surface area (Å²) in [5.74, 6) is 0. The Balaban J connectivity index is 2.54. The Morgan fingerprint density at radius 3 is 2.57 bits per heavy atom. The molecule has 21 heavy (non-hydrogen) atoms. The Bertz CT molecular complexity index is 640. The molecular formula is C13H18N2O5S. The summed E-state index contributed by atoms with van der Waals surface area (Å²) in [7, 11) is -4.00. The Hall–Kier alpha value is -1.51. The summed E-state index contributed by atoms with van der Waals surface area (Å²) in [4.78, 5) is 10.2. The quantitative estimate of drug-likeness (QED) is 0.632. The standard InChI is InChI=1S/C13H18N2O5S/c1-10-4-2-7-12(15(17)18)13(10)21(19,20)14(8-9-16)11-5-3-6-11/h2,4,7,11,16H,3,5-6,8-9H2,1H3. The number of nitrogens with zero attached hydrogens (tertiary/aromatic N) is 2. The molecule has 0 atom stereocenters. The van der Waals surface area contributed by atoms with Gasteiger partial charge in [0.1, 0.15) is 0 Å². The summed E-state index contributed by atoms with van der Waals surface area (Å²) in [5, 5.41) is 20.3. The molecule has 2 rings (SSSR count). The molecule has 1 N–H and O–H groups in total. The summed E-state index contributed by atoms with van der Waals surface area (Å²) in [6, 6.07) is 4.02. The lowest BCUT2D eigenvalue weighted by Gasteiger charge is -2.36. The molecule has 1 fully saturated rings. The van der Waals surface area contributed by atoms with Crippen LogP contribution in [0.25, 0.3) is 0 Å². The van der Waals surface area contributed by atoms with Crippen LogP contribution in [-0.2, 0) is 10.0 Å². The van der Waals surface area contributed by atoms with E-state index in [1.54, 1.807) is 0 Å². The van der Waals surface area contributed by atoms with Crippen LogP contribution < -0.4 is 0 Å². The van der Waals surface area contributed by atoms with Gasteiger partial charge in [-0.1, -0.05) is 18.6 Å². The highest BCUT2D eigenvalue weighted by molar-refractivity contribution is 7.89. The number of benzene rings is 1. The first-order valence-corrected chi connectivity index (χ1v) is 8.20. The van der Waals surface area contributed by atoms with Gasteiger partial charge in [0.2, 0.25) is 0 Å². The predicted molar refractivity (Wildman–Crippen MR) is 76.5 cm³/mol. The Morgan fingerprint density at radius 2 is 2.10 bits per heavy atom. The second kappa shape index (κ2) is 6.08. The second-order valence-electron chi connectivity index (χ2n) is 5.10. The minimum absolute atomic E-state index is 0.0432. The number of rotatable bonds is 6. The van der Waals surface area contributed by atoms with Crippen LogP contribution in [0.3, 0.4) is 0 Å². The Morgan fingerprint density at radius 1 is 1.43 bits per heavy atom. The van der Waals surface area contributed by atoms with Gasteiger partial charge in [0.25, 0.3) is 15.7 Å². The average Bonchev–Trinajstić information content (AvgIpc) is 2.35. The fraction of sp³-hybridized carbons (Fsp3) is 0.538. The highest BCUT2D eigenvalue weighted by atomic mass is 32.2. The average molecular weight is 314 g/mol. The second-order valence-corrected chi connectivity index (χ2v) is 6.93. The smallest absolute Gasteiger partial charge is 0.289 e. The molecule has 0 unspecified atom stereocenters. The fourth-order valence-electron chi connectivity index (χ4n) is 2.51. The SMILES string of the molecule is Cc1cccc([N+](=O)[O-])c1S(=O)(=O)N(CCO)C1CCC1. The number of aliphatic hydroxyl groups is 1. The van der Waals surface area contributed by atoms with Gasteiger partial charge in [-0.05, 0) is 25.3 Å². The van der Waals surface area contributed by atoms with Gasteiger partial charge in [0.15, 0.2) is 4.90 Å². The molecule has 0 amide bonds. The highest BCUT2D eigenvalue weighted by Crippen LogP contribution is 2.34. The van der Waals surface area contributed by atoms with Crippen molar-refractivity contribution in [3.8, 4) is 0 Å². The number of nitro groups is 1. The number of hydrogen-bond acceptors (Lipinski definition) is 5. The van der Waals surface area contributed by atoms with Gasteiger partial charge in [-0.2, -0.15) is 4.31 Å². The van der Waals surface area contributed by atoms with Gasteiger partial charge < -0.3 is 5.11 Å². The molecule has 0 saturated heterocycles. The first-order chi connectivity index (χ1) is 9.89. The number of aryl methyl sites for hydroxylation is 1. The molecule has 0 aliphatic heterocycles. The van der Waals surface area contributed by atoms with Gasteiger partial charge in [0, 0.05) is 18.7 Å². The van der Waals surface area contributed by atoms with Crippen molar-refractivity contribution in [3.05, 3.63) is 33.9 Å². The van der Waals surface area contributed by atoms with Crippen molar-refractivity contribution in [1.82, 2.24) is 4.31 Å². The van der Waals surface area contributed by atoms with Crippen molar-refractivity contribution in [3.63, 3.8) is 0 Å². The molecule has 1 aromatic carbocycles. The molecule has 1 saturated carbocycles. The van der Waals surface area contributed by atoms with E-state index in [9.17, 15) is 18.5 Å². The van der Waals surface area contributed by atoms with Crippen molar-refractivity contribution in [2.45, 2.75) is 37.1 Å². The third-order valence-electron chi connectivity index (χ3n) is 3.76. The number of hydrogen-bond donors (Lipinski definition) is 1. The third kappa shape index (κ3) is 2.92. The monoisotopic (exact) mass is 314 g/mol. The lowest BCUT2D eigenvalue weighted by Crippen LogP contribution is -2.45. The minimum Gasteiger partial charge on any atom is -0.395 e. The van der Waals surface area contributed by atoms with E-state index >= 15 is 0 Å². The first-order valence-electron chi connectivity index (χ1n) is 6.76. The van der Waals surface area contributed by atoms with E-state index in [-0.39, 0.29) is 24.1 Å². The molecule has 116 valence electrons.